The Morgan fingerprint density at radius 2 is 2.00 bits per heavy atom. The number of hydrogen-bond donors (Lipinski definition) is 2. The summed E-state index contributed by atoms with van der Waals surface area (Å²) in [5.74, 6) is -0.319. The summed E-state index contributed by atoms with van der Waals surface area (Å²) in [6.45, 7) is 1.27. The van der Waals surface area contributed by atoms with Gasteiger partial charge < -0.3 is 15.3 Å². The molecule has 0 saturated heterocycles. The van der Waals surface area contributed by atoms with E-state index in [9.17, 15) is 9.18 Å². The van der Waals surface area contributed by atoms with Gasteiger partial charge in [0.15, 0.2) is 0 Å². The molecule has 0 unspecified atom stereocenters. The van der Waals surface area contributed by atoms with Gasteiger partial charge in [0.25, 0.3) is 0 Å². The number of rotatable bonds is 5. The number of nitrogens with one attached hydrogen (secondary N) is 1. The Kier molecular flexibility index (Phi) is 7.25. The number of halogens is 2. The van der Waals surface area contributed by atoms with Gasteiger partial charge in [-0.15, -0.1) is 12.4 Å². The van der Waals surface area contributed by atoms with E-state index in [2.05, 4.69) is 5.32 Å². The minimum atomic E-state index is -0.973. The molecule has 0 spiro atoms. The van der Waals surface area contributed by atoms with Gasteiger partial charge in [0.2, 0.25) is 0 Å². The van der Waals surface area contributed by atoms with Crippen molar-refractivity contribution in [1.29, 1.82) is 0 Å². The molecule has 6 heteroatoms. The van der Waals surface area contributed by atoms with Gasteiger partial charge >= 0.3 is 6.09 Å². The normalized spacial score (nSPS) is 9.53. The summed E-state index contributed by atoms with van der Waals surface area (Å²) in [4.78, 5) is 12.2. The predicted octanol–water partition coefficient (Wildman–Crippen LogP) is 1.95. The molecule has 1 aromatic rings. The minimum Gasteiger partial charge on any atom is -0.465 e. The zero-order valence-corrected chi connectivity index (χ0v) is 10.3. The maximum absolute atomic E-state index is 12.6. The van der Waals surface area contributed by atoms with E-state index in [-0.39, 0.29) is 24.8 Å². The Balaban J connectivity index is 0.00000256. The first kappa shape index (κ1) is 15.7. The second-order valence-electron chi connectivity index (χ2n) is 3.43. The molecule has 1 aromatic carbocycles. The number of benzene rings is 1. The number of nitrogens with zero attached hydrogens (tertiary/aromatic N) is 1. The molecular formula is C11H16ClFN2O2. The number of likely N-dealkylation sites (N-methyl/N-ethyl adjacent to an activating group) is 1. The average molecular weight is 263 g/mol. The fourth-order valence-corrected chi connectivity index (χ4v) is 1.30. The van der Waals surface area contributed by atoms with E-state index in [0.717, 1.165) is 5.56 Å². The monoisotopic (exact) mass is 262 g/mol. The molecule has 1 rings (SSSR count). The second-order valence-corrected chi connectivity index (χ2v) is 3.43. The van der Waals surface area contributed by atoms with E-state index in [0.29, 0.717) is 13.1 Å². The van der Waals surface area contributed by atoms with Crippen LogP contribution in [0.15, 0.2) is 24.3 Å². The molecular weight excluding hydrogens is 247 g/mol. The molecule has 0 aliphatic carbocycles. The molecule has 0 radical (unpaired) electrons. The lowest BCUT2D eigenvalue weighted by molar-refractivity contribution is 0.143. The maximum atomic E-state index is 12.6. The second kappa shape index (κ2) is 7.86. The number of amides is 1. The summed E-state index contributed by atoms with van der Waals surface area (Å²) in [5, 5.41) is 11.8. The van der Waals surface area contributed by atoms with Gasteiger partial charge in [0.1, 0.15) is 5.82 Å². The lowest BCUT2D eigenvalue weighted by Crippen LogP contribution is -2.34. The molecule has 0 heterocycles. The fraction of sp³-hybridized carbons (Fsp3) is 0.364. The van der Waals surface area contributed by atoms with Crippen LogP contribution in [0.5, 0.6) is 0 Å². The molecule has 0 saturated carbocycles. The highest BCUT2D eigenvalue weighted by Crippen LogP contribution is 2.06. The quantitative estimate of drug-likeness (QED) is 0.853. The Hall–Kier alpha value is -1.33. The van der Waals surface area contributed by atoms with E-state index in [1.165, 1.54) is 17.0 Å². The van der Waals surface area contributed by atoms with E-state index in [1.54, 1.807) is 19.2 Å². The van der Waals surface area contributed by atoms with Gasteiger partial charge in [0.05, 0.1) is 0 Å². The SMILES string of the molecule is CNCCN(Cc1ccc(F)cc1)C(=O)O.Cl. The van der Waals surface area contributed by atoms with E-state index in [4.69, 9.17) is 5.11 Å². The van der Waals surface area contributed by atoms with Crippen molar-refractivity contribution in [3.8, 4) is 0 Å². The summed E-state index contributed by atoms with van der Waals surface area (Å²) in [7, 11) is 1.76. The Bertz CT molecular complexity index is 346. The lowest BCUT2D eigenvalue weighted by Gasteiger charge is -2.18. The standard InChI is InChI=1S/C11H15FN2O2.ClH/c1-13-6-7-14(11(15)16)8-9-2-4-10(12)5-3-9;/h2-5,13H,6-8H2,1H3,(H,15,16);1H. The number of carboxylic acid groups (broad SMARTS) is 1. The molecule has 0 atom stereocenters. The van der Waals surface area contributed by atoms with Crippen molar-refractivity contribution < 1.29 is 14.3 Å². The van der Waals surface area contributed by atoms with Crippen LogP contribution >= 0.6 is 12.4 Å². The topological polar surface area (TPSA) is 52.6 Å². The third-order valence-corrected chi connectivity index (χ3v) is 2.19. The largest absolute Gasteiger partial charge is 0.465 e. The third-order valence-electron chi connectivity index (χ3n) is 2.19. The van der Waals surface area contributed by atoms with Crippen molar-refractivity contribution in [3.05, 3.63) is 35.6 Å². The first-order valence-corrected chi connectivity index (χ1v) is 5.00. The van der Waals surface area contributed by atoms with Gasteiger partial charge in [-0.1, -0.05) is 12.1 Å². The average Bonchev–Trinajstić information content (AvgIpc) is 2.26. The third kappa shape index (κ3) is 5.51. The molecule has 0 aromatic heterocycles. The molecule has 17 heavy (non-hydrogen) atoms. The zero-order chi connectivity index (χ0) is 12.0. The molecule has 96 valence electrons. The van der Waals surface area contributed by atoms with Crippen molar-refractivity contribution >= 4 is 18.5 Å². The summed E-state index contributed by atoms with van der Waals surface area (Å²) < 4.78 is 12.6. The molecule has 2 N–H and O–H groups in total. The van der Waals surface area contributed by atoms with Gasteiger partial charge in [-0.25, -0.2) is 9.18 Å². The fourth-order valence-electron chi connectivity index (χ4n) is 1.30. The summed E-state index contributed by atoms with van der Waals surface area (Å²) in [6.07, 6.45) is -0.973. The zero-order valence-electron chi connectivity index (χ0n) is 9.52. The maximum Gasteiger partial charge on any atom is 0.407 e. The summed E-state index contributed by atoms with van der Waals surface area (Å²) in [5.41, 5.74) is 0.778. The van der Waals surface area contributed by atoms with Crippen LogP contribution in [-0.4, -0.2) is 36.2 Å². The first-order valence-electron chi connectivity index (χ1n) is 5.00. The number of carbonyl (C=O) groups is 1. The van der Waals surface area contributed by atoms with Gasteiger partial charge in [-0.2, -0.15) is 0 Å². The van der Waals surface area contributed by atoms with Crippen molar-refractivity contribution in [2.24, 2.45) is 0 Å². The Morgan fingerprint density at radius 1 is 1.41 bits per heavy atom. The van der Waals surface area contributed by atoms with Crippen molar-refractivity contribution in [2.45, 2.75) is 6.54 Å². The van der Waals surface area contributed by atoms with Gasteiger partial charge in [-0.3, -0.25) is 0 Å². The molecule has 0 fully saturated rings. The minimum absolute atomic E-state index is 0. The molecule has 0 aliphatic rings. The van der Waals surface area contributed by atoms with Crippen LogP contribution in [0, 0.1) is 5.82 Å². The van der Waals surface area contributed by atoms with Crippen LogP contribution in [0.4, 0.5) is 9.18 Å². The van der Waals surface area contributed by atoms with Crippen molar-refractivity contribution in [2.75, 3.05) is 20.1 Å². The van der Waals surface area contributed by atoms with Crippen LogP contribution in [0.2, 0.25) is 0 Å². The van der Waals surface area contributed by atoms with E-state index >= 15 is 0 Å². The lowest BCUT2D eigenvalue weighted by atomic mass is 10.2. The molecule has 4 nitrogen and oxygen atoms in total. The van der Waals surface area contributed by atoms with Gasteiger partial charge in [0, 0.05) is 19.6 Å². The highest BCUT2D eigenvalue weighted by atomic mass is 35.5. The van der Waals surface area contributed by atoms with Crippen LogP contribution in [0.25, 0.3) is 0 Å². The first-order chi connectivity index (χ1) is 7.63. The molecule has 0 bridgehead atoms. The van der Waals surface area contributed by atoms with Crippen LogP contribution in [0.3, 0.4) is 0 Å². The molecule has 1 amide bonds. The van der Waals surface area contributed by atoms with Crippen molar-refractivity contribution in [1.82, 2.24) is 10.2 Å². The molecule has 0 aliphatic heterocycles. The van der Waals surface area contributed by atoms with Crippen LogP contribution < -0.4 is 5.32 Å². The smallest absolute Gasteiger partial charge is 0.407 e. The van der Waals surface area contributed by atoms with Crippen LogP contribution in [-0.2, 0) is 6.54 Å². The van der Waals surface area contributed by atoms with Crippen LogP contribution in [0.1, 0.15) is 5.56 Å². The van der Waals surface area contributed by atoms with E-state index < -0.39 is 6.09 Å². The summed E-state index contributed by atoms with van der Waals surface area (Å²) in [6, 6.07) is 5.83. The van der Waals surface area contributed by atoms with Crippen molar-refractivity contribution in [3.63, 3.8) is 0 Å². The number of hydrogen-bond acceptors (Lipinski definition) is 2. The Morgan fingerprint density at radius 3 is 2.47 bits per heavy atom. The summed E-state index contributed by atoms with van der Waals surface area (Å²) >= 11 is 0. The van der Waals surface area contributed by atoms with Gasteiger partial charge in [-0.05, 0) is 24.7 Å². The predicted molar refractivity (Wildman–Crippen MR) is 66.0 cm³/mol. The highest BCUT2D eigenvalue weighted by molar-refractivity contribution is 5.85. The highest BCUT2D eigenvalue weighted by Gasteiger charge is 2.11. The Labute approximate surface area is 106 Å². The van der Waals surface area contributed by atoms with E-state index in [1.807, 2.05) is 0 Å².